The Morgan fingerprint density at radius 3 is 2.56 bits per heavy atom. The van der Waals surface area contributed by atoms with E-state index in [9.17, 15) is 5.11 Å². The Labute approximate surface area is 107 Å². The van der Waals surface area contributed by atoms with Crippen molar-refractivity contribution in [3.63, 3.8) is 0 Å². The zero-order valence-corrected chi connectivity index (χ0v) is 11.0. The zero-order chi connectivity index (χ0) is 12.7. The van der Waals surface area contributed by atoms with Crippen LogP contribution in [0.4, 0.5) is 0 Å². The van der Waals surface area contributed by atoms with Gasteiger partial charge in [-0.2, -0.15) is 4.98 Å². The third kappa shape index (κ3) is 2.17. The van der Waals surface area contributed by atoms with E-state index in [4.69, 9.17) is 4.52 Å². The fourth-order valence-corrected chi connectivity index (χ4v) is 3.23. The number of aliphatic hydroxyl groups is 1. The summed E-state index contributed by atoms with van der Waals surface area (Å²) in [5.74, 6) is 1.81. The molecule has 5 heteroatoms. The van der Waals surface area contributed by atoms with Gasteiger partial charge in [-0.1, -0.05) is 19.0 Å². The topological polar surface area (TPSA) is 62.4 Å². The maximum atomic E-state index is 9.77. The van der Waals surface area contributed by atoms with Gasteiger partial charge in [-0.15, -0.1) is 0 Å². The fourth-order valence-electron chi connectivity index (χ4n) is 3.23. The Morgan fingerprint density at radius 2 is 2.00 bits per heavy atom. The summed E-state index contributed by atoms with van der Waals surface area (Å²) < 4.78 is 5.31. The lowest BCUT2D eigenvalue weighted by molar-refractivity contribution is 0.0256. The highest BCUT2D eigenvalue weighted by Gasteiger charge is 2.40. The normalized spacial score (nSPS) is 32.3. The van der Waals surface area contributed by atoms with Gasteiger partial charge in [0.05, 0.1) is 12.6 Å². The second-order valence-electron chi connectivity index (χ2n) is 5.88. The van der Waals surface area contributed by atoms with E-state index in [1.807, 2.05) is 0 Å². The molecule has 2 bridgehead atoms. The number of rotatable bonds is 3. The molecule has 5 nitrogen and oxygen atoms in total. The number of aromatic nitrogens is 2. The molecule has 2 aliphatic rings. The number of piperidine rings is 1. The SMILES string of the molecule is CC(C)c1noc(CN2C3CCC2CC(O)C3)n1. The summed E-state index contributed by atoms with van der Waals surface area (Å²) in [6.07, 6.45) is 4.04. The third-order valence-electron chi connectivity index (χ3n) is 4.18. The predicted octanol–water partition coefficient (Wildman–Crippen LogP) is 1.68. The summed E-state index contributed by atoms with van der Waals surface area (Å²) >= 11 is 0. The molecule has 2 saturated heterocycles. The Kier molecular flexibility index (Phi) is 3.11. The second-order valence-corrected chi connectivity index (χ2v) is 5.88. The van der Waals surface area contributed by atoms with Crippen molar-refractivity contribution in [1.82, 2.24) is 15.0 Å². The molecule has 0 radical (unpaired) electrons. The van der Waals surface area contributed by atoms with Crippen molar-refractivity contribution in [2.45, 2.75) is 70.2 Å². The number of nitrogens with zero attached hydrogens (tertiary/aromatic N) is 3. The Balaban J connectivity index is 1.69. The number of hydrogen-bond donors (Lipinski definition) is 1. The first-order valence-electron chi connectivity index (χ1n) is 6.89. The van der Waals surface area contributed by atoms with Gasteiger partial charge in [0.25, 0.3) is 0 Å². The maximum Gasteiger partial charge on any atom is 0.240 e. The molecule has 0 spiro atoms. The van der Waals surface area contributed by atoms with Crippen molar-refractivity contribution >= 4 is 0 Å². The molecule has 3 rings (SSSR count). The molecule has 2 unspecified atom stereocenters. The summed E-state index contributed by atoms with van der Waals surface area (Å²) in [6, 6.07) is 0.987. The van der Waals surface area contributed by atoms with Crippen molar-refractivity contribution in [3.05, 3.63) is 11.7 Å². The van der Waals surface area contributed by atoms with E-state index in [2.05, 4.69) is 28.9 Å². The average molecular weight is 251 g/mol. The third-order valence-corrected chi connectivity index (χ3v) is 4.18. The van der Waals surface area contributed by atoms with Gasteiger partial charge >= 0.3 is 0 Å². The van der Waals surface area contributed by atoms with Gasteiger partial charge in [0, 0.05) is 18.0 Å². The van der Waals surface area contributed by atoms with E-state index in [-0.39, 0.29) is 6.10 Å². The largest absolute Gasteiger partial charge is 0.393 e. The summed E-state index contributed by atoms with van der Waals surface area (Å²) in [5.41, 5.74) is 0. The van der Waals surface area contributed by atoms with E-state index in [1.165, 1.54) is 12.8 Å². The van der Waals surface area contributed by atoms with Crippen LogP contribution in [0, 0.1) is 0 Å². The molecular weight excluding hydrogens is 230 g/mol. The number of aliphatic hydroxyl groups excluding tert-OH is 1. The van der Waals surface area contributed by atoms with E-state index >= 15 is 0 Å². The van der Waals surface area contributed by atoms with Crippen LogP contribution in [0.1, 0.15) is 57.2 Å². The Morgan fingerprint density at radius 1 is 1.33 bits per heavy atom. The molecule has 2 fully saturated rings. The highest BCUT2D eigenvalue weighted by atomic mass is 16.5. The lowest BCUT2D eigenvalue weighted by Crippen LogP contribution is -2.44. The molecule has 1 N–H and O–H groups in total. The van der Waals surface area contributed by atoms with Gasteiger partial charge in [0.15, 0.2) is 5.82 Å². The Bertz CT molecular complexity index is 404. The quantitative estimate of drug-likeness (QED) is 0.885. The Hall–Kier alpha value is -0.940. The molecule has 100 valence electrons. The first-order chi connectivity index (χ1) is 8.63. The van der Waals surface area contributed by atoms with Crippen LogP contribution in [0.5, 0.6) is 0 Å². The van der Waals surface area contributed by atoms with Crippen molar-refractivity contribution < 1.29 is 9.63 Å². The van der Waals surface area contributed by atoms with E-state index in [1.54, 1.807) is 0 Å². The van der Waals surface area contributed by atoms with Crippen LogP contribution in [0.25, 0.3) is 0 Å². The molecular formula is C13H21N3O2. The molecule has 2 aliphatic heterocycles. The van der Waals surface area contributed by atoms with Crippen LogP contribution in [0.3, 0.4) is 0 Å². The smallest absolute Gasteiger partial charge is 0.240 e. The number of fused-ring (bicyclic) bond motifs is 2. The van der Waals surface area contributed by atoms with Gasteiger partial charge < -0.3 is 9.63 Å². The summed E-state index contributed by atoms with van der Waals surface area (Å²) in [6.45, 7) is 4.87. The minimum atomic E-state index is -0.118. The molecule has 18 heavy (non-hydrogen) atoms. The van der Waals surface area contributed by atoms with Gasteiger partial charge in [0.1, 0.15) is 0 Å². The average Bonchev–Trinajstić information content (AvgIpc) is 2.85. The van der Waals surface area contributed by atoms with Gasteiger partial charge in [0.2, 0.25) is 5.89 Å². The van der Waals surface area contributed by atoms with Gasteiger partial charge in [-0.3, -0.25) is 4.90 Å². The highest BCUT2D eigenvalue weighted by Crippen LogP contribution is 2.36. The molecule has 0 aliphatic carbocycles. The first-order valence-corrected chi connectivity index (χ1v) is 6.89. The molecule has 0 amide bonds. The number of hydrogen-bond acceptors (Lipinski definition) is 5. The van der Waals surface area contributed by atoms with Crippen LogP contribution in [-0.4, -0.2) is 38.3 Å². The molecule has 1 aromatic heterocycles. The fraction of sp³-hybridized carbons (Fsp3) is 0.846. The predicted molar refractivity (Wildman–Crippen MR) is 66.0 cm³/mol. The summed E-state index contributed by atoms with van der Waals surface area (Å²) in [7, 11) is 0. The highest BCUT2D eigenvalue weighted by molar-refractivity contribution is 4.98. The van der Waals surface area contributed by atoms with Crippen molar-refractivity contribution in [2.24, 2.45) is 0 Å². The summed E-state index contributed by atoms with van der Waals surface area (Å²) in [4.78, 5) is 6.87. The van der Waals surface area contributed by atoms with E-state index in [0.29, 0.717) is 23.9 Å². The van der Waals surface area contributed by atoms with E-state index in [0.717, 1.165) is 25.2 Å². The molecule has 0 aromatic carbocycles. The van der Waals surface area contributed by atoms with Gasteiger partial charge in [-0.05, 0) is 25.7 Å². The maximum absolute atomic E-state index is 9.77. The van der Waals surface area contributed by atoms with Crippen LogP contribution < -0.4 is 0 Å². The molecule has 1 aromatic rings. The lowest BCUT2D eigenvalue weighted by Gasteiger charge is -2.36. The van der Waals surface area contributed by atoms with Crippen LogP contribution in [0.2, 0.25) is 0 Å². The van der Waals surface area contributed by atoms with Crippen LogP contribution >= 0.6 is 0 Å². The second kappa shape index (κ2) is 4.63. The van der Waals surface area contributed by atoms with E-state index < -0.39 is 0 Å². The minimum Gasteiger partial charge on any atom is -0.393 e. The van der Waals surface area contributed by atoms with Crippen molar-refractivity contribution in [1.29, 1.82) is 0 Å². The monoisotopic (exact) mass is 251 g/mol. The molecule has 3 heterocycles. The lowest BCUT2D eigenvalue weighted by atomic mass is 10.00. The van der Waals surface area contributed by atoms with Crippen LogP contribution in [-0.2, 0) is 6.54 Å². The van der Waals surface area contributed by atoms with Crippen molar-refractivity contribution in [3.8, 4) is 0 Å². The van der Waals surface area contributed by atoms with Crippen molar-refractivity contribution in [2.75, 3.05) is 0 Å². The summed E-state index contributed by atoms with van der Waals surface area (Å²) in [5, 5.41) is 13.8. The molecule has 2 atom stereocenters. The first kappa shape index (κ1) is 12.1. The van der Waals surface area contributed by atoms with Gasteiger partial charge in [-0.25, -0.2) is 0 Å². The minimum absolute atomic E-state index is 0.118. The molecule has 0 saturated carbocycles. The standard InChI is InChI=1S/C13H21N3O2/c1-8(2)13-14-12(18-15-13)7-16-9-3-4-10(16)6-11(17)5-9/h8-11,17H,3-7H2,1-2H3. The zero-order valence-electron chi connectivity index (χ0n) is 11.0. The van der Waals surface area contributed by atoms with Crippen LogP contribution in [0.15, 0.2) is 4.52 Å².